The Balaban J connectivity index is 1.27. The molecule has 1 atom stereocenters. The van der Waals surface area contributed by atoms with E-state index in [1.165, 1.54) is 24.8 Å². The molecule has 0 saturated carbocycles. The number of carbonyl (C=O) groups excluding carboxylic acids is 1. The van der Waals surface area contributed by atoms with E-state index in [1.807, 2.05) is 6.20 Å². The third-order valence-corrected chi connectivity index (χ3v) is 5.16. The summed E-state index contributed by atoms with van der Waals surface area (Å²) in [7, 11) is 0. The average Bonchev–Trinajstić information content (AvgIpc) is 3.34. The van der Waals surface area contributed by atoms with E-state index in [1.54, 1.807) is 10.9 Å². The summed E-state index contributed by atoms with van der Waals surface area (Å²) in [6.07, 6.45) is 11.6. The first-order valence-electron chi connectivity index (χ1n) is 9.53. The summed E-state index contributed by atoms with van der Waals surface area (Å²) in [5, 5.41) is 14.4. The third kappa shape index (κ3) is 4.07. The van der Waals surface area contributed by atoms with Gasteiger partial charge in [0.15, 0.2) is 5.69 Å². The van der Waals surface area contributed by atoms with Crippen molar-refractivity contribution in [2.45, 2.75) is 64.1 Å². The van der Waals surface area contributed by atoms with Gasteiger partial charge < -0.3 is 10.6 Å². The molecule has 0 unspecified atom stereocenters. The molecule has 2 N–H and O–H groups in total. The van der Waals surface area contributed by atoms with E-state index in [4.69, 9.17) is 0 Å². The lowest BCUT2D eigenvalue weighted by Crippen LogP contribution is -2.34. The van der Waals surface area contributed by atoms with Crippen LogP contribution in [0.15, 0.2) is 12.4 Å². The molecular weight excluding hydrogens is 330 g/mol. The lowest BCUT2D eigenvalue weighted by Gasteiger charge is -2.23. The second kappa shape index (κ2) is 7.90. The zero-order valence-electron chi connectivity index (χ0n) is 14.9. The standard InChI is InChI=1S/C18H25N7O/c26-18(21-11-17-20-10-13-4-3-6-15(13)22-17)16-12-25(24-23-16)9-7-14-5-1-2-8-19-14/h10,12,14,19H,1-9,11H2,(H,21,26)/t14-/m1/s1. The lowest BCUT2D eigenvalue weighted by molar-refractivity contribution is 0.0944. The number of rotatable bonds is 6. The monoisotopic (exact) mass is 355 g/mol. The number of aryl methyl sites for hydroxylation is 3. The van der Waals surface area contributed by atoms with Gasteiger partial charge in [-0.1, -0.05) is 11.6 Å². The van der Waals surface area contributed by atoms with Crippen molar-refractivity contribution < 1.29 is 4.79 Å². The van der Waals surface area contributed by atoms with Gasteiger partial charge in [-0.05, 0) is 50.6 Å². The number of hydrogen-bond acceptors (Lipinski definition) is 6. The highest BCUT2D eigenvalue weighted by molar-refractivity contribution is 5.91. The van der Waals surface area contributed by atoms with Crippen LogP contribution in [0.25, 0.3) is 0 Å². The highest BCUT2D eigenvalue weighted by atomic mass is 16.2. The Bertz CT molecular complexity index is 767. The molecule has 0 bridgehead atoms. The second-order valence-corrected chi connectivity index (χ2v) is 7.10. The van der Waals surface area contributed by atoms with Crippen LogP contribution in [0.4, 0.5) is 0 Å². The van der Waals surface area contributed by atoms with E-state index < -0.39 is 0 Å². The van der Waals surface area contributed by atoms with Crippen molar-refractivity contribution in [3.63, 3.8) is 0 Å². The Morgan fingerprint density at radius 2 is 2.27 bits per heavy atom. The Hall–Kier alpha value is -2.35. The molecule has 4 rings (SSSR count). The van der Waals surface area contributed by atoms with E-state index in [9.17, 15) is 4.79 Å². The molecule has 2 aromatic rings. The van der Waals surface area contributed by atoms with Crippen molar-refractivity contribution in [1.82, 2.24) is 35.6 Å². The molecule has 8 nitrogen and oxygen atoms in total. The zero-order valence-corrected chi connectivity index (χ0v) is 14.9. The number of piperidine rings is 1. The molecule has 1 saturated heterocycles. The van der Waals surface area contributed by atoms with Gasteiger partial charge in [-0.15, -0.1) is 5.10 Å². The van der Waals surface area contributed by atoms with Crippen LogP contribution in [0.5, 0.6) is 0 Å². The molecule has 0 spiro atoms. The van der Waals surface area contributed by atoms with E-state index in [-0.39, 0.29) is 5.91 Å². The molecular formula is C18H25N7O. The van der Waals surface area contributed by atoms with E-state index in [0.717, 1.165) is 44.5 Å². The van der Waals surface area contributed by atoms with Gasteiger partial charge in [-0.3, -0.25) is 9.48 Å². The molecule has 1 fully saturated rings. The van der Waals surface area contributed by atoms with Gasteiger partial charge in [0.1, 0.15) is 5.82 Å². The minimum absolute atomic E-state index is 0.240. The smallest absolute Gasteiger partial charge is 0.273 e. The van der Waals surface area contributed by atoms with Crippen LogP contribution >= 0.6 is 0 Å². The second-order valence-electron chi connectivity index (χ2n) is 7.10. The van der Waals surface area contributed by atoms with Crippen LogP contribution in [0.3, 0.4) is 0 Å². The van der Waals surface area contributed by atoms with Crippen LogP contribution < -0.4 is 10.6 Å². The summed E-state index contributed by atoms with van der Waals surface area (Å²) < 4.78 is 1.75. The Kier molecular flexibility index (Phi) is 5.19. The molecule has 26 heavy (non-hydrogen) atoms. The summed E-state index contributed by atoms with van der Waals surface area (Å²) in [6, 6.07) is 0.544. The maximum absolute atomic E-state index is 12.3. The summed E-state index contributed by atoms with van der Waals surface area (Å²) in [6.45, 7) is 2.18. The molecule has 2 aromatic heterocycles. The first-order chi connectivity index (χ1) is 12.8. The van der Waals surface area contributed by atoms with Gasteiger partial charge >= 0.3 is 0 Å². The minimum atomic E-state index is -0.240. The van der Waals surface area contributed by atoms with Crippen molar-refractivity contribution >= 4 is 5.91 Å². The Labute approximate surface area is 152 Å². The van der Waals surface area contributed by atoms with E-state index in [2.05, 4.69) is 30.9 Å². The number of fused-ring (bicyclic) bond motifs is 1. The Morgan fingerprint density at radius 1 is 1.31 bits per heavy atom. The van der Waals surface area contributed by atoms with Gasteiger partial charge in [0, 0.05) is 24.5 Å². The SMILES string of the molecule is O=C(NCc1ncc2c(n1)CCC2)c1cn(CC[C@H]2CCCCN2)nn1. The van der Waals surface area contributed by atoms with Crippen LogP contribution in [0.2, 0.25) is 0 Å². The maximum atomic E-state index is 12.3. The summed E-state index contributed by atoms with van der Waals surface area (Å²) in [4.78, 5) is 21.1. The number of nitrogens with zero attached hydrogens (tertiary/aromatic N) is 5. The molecule has 1 aliphatic heterocycles. The molecule has 1 amide bonds. The van der Waals surface area contributed by atoms with Gasteiger partial charge in [-0.25, -0.2) is 9.97 Å². The molecule has 8 heteroatoms. The van der Waals surface area contributed by atoms with E-state index >= 15 is 0 Å². The van der Waals surface area contributed by atoms with Crippen LogP contribution in [-0.2, 0) is 25.9 Å². The van der Waals surface area contributed by atoms with Gasteiger partial charge in [0.25, 0.3) is 5.91 Å². The average molecular weight is 355 g/mol. The Morgan fingerprint density at radius 3 is 3.15 bits per heavy atom. The largest absolute Gasteiger partial charge is 0.343 e. The number of hydrogen-bond donors (Lipinski definition) is 2. The molecule has 0 aromatic carbocycles. The van der Waals surface area contributed by atoms with Crippen LogP contribution in [-0.4, -0.2) is 43.5 Å². The van der Waals surface area contributed by atoms with E-state index in [0.29, 0.717) is 24.1 Å². The molecule has 138 valence electrons. The van der Waals surface area contributed by atoms with Crippen LogP contribution in [0.1, 0.15) is 59.7 Å². The van der Waals surface area contributed by atoms with Crippen molar-refractivity contribution in [2.24, 2.45) is 0 Å². The molecule has 0 radical (unpaired) electrons. The topological polar surface area (TPSA) is 97.6 Å². The fourth-order valence-electron chi connectivity index (χ4n) is 3.66. The molecule has 2 aliphatic rings. The van der Waals surface area contributed by atoms with Crippen molar-refractivity contribution in [3.05, 3.63) is 35.2 Å². The van der Waals surface area contributed by atoms with Crippen molar-refractivity contribution in [3.8, 4) is 0 Å². The predicted octanol–water partition coefficient (Wildman–Crippen LogP) is 1.02. The first-order valence-corrected chi connectivity index (χ1v) is 9.53. The van der Waals surface area contributed by atoms with Crippen molar-refractivity contribution in [1.29, 1.82) is 0 Å². The quantitative estimate of drug-likeness (QED) is 0.803. The van der Waals surface area contributed by atoms with Gasteiger partial charge in [-0.2, -0.15) is 0 Å². The fourth-order valence-corrected chi connectivity index (χ4v) is 3.66. The minimum Gasteiger partial charge on any atom is -0.343 e. The highest BCUT2D eigenvalue weighted by Gasteiger charge is 2.16. The normalized spacial score (nSPS) is 19.3. The summed E-state index contributed by atoms with van der Waals surface area (Å²) in [5.74, 6) is 0.408. The van der Waals surface area contributed by atoms with Gasteiger partial charge in [0.2, 0.25) is 0 Å². The summed E-state index contributed by atoms with van der Waals surface area (Å²) >= 11 is 0. The highest BCUT2D eigenvalue weighted by Crippen LogP contribution is 2.18. The number of aromatic nitrogens is 5. The molecule has 1 aliphatic carbocycles. The lowest BCUT2D eigenvalue weighted by atomic mass is 10.0. The van der Waals surface area contributed by atoms with Crippen molar-refractivity contribution in [2.75, 3.05) is 6.54 Å². The van der Waals surface area contributed by atoms with Gasteiger partial charge in [0.05, 0.1) is 12.7 Å². The third-order valence-electron chi connectivity index (χ3n) is 5.16. The number of amides is 1. The zero-order chi connectivity index (χ0) is 17.8. The predicted molar refractivity (Wildman–Crippen MR) is 95.5 cm³/mol. The van der Waals surface area contributed by atoms with Crippen LogP contribution in [0, 0.1) is 0 Å². The fraction of sp³-hybridized carbons (Fsp3) is 0.611. The maximum Gasteiger partial charge on any atom is 0.273 e. The first kappa shape index (κ1) is 17.1. The number of carbonyl (C=O) groups is 1. The number of nitrogens with one attached hydrogen (secondary N) is 2. The molecule has 3 heterocycles. The summed E-state index contributed by atoms with van der Waals surface area (Å²) in [5.41, 5.74) is 2.68.